The summed E-state index contributed by atoms with van der Waals surface area (Å²) < 4.78 is 17.7. The summed E-state index contributed by atoms with van der Waals surface area (Å²) in [6, 6.07) is 11.8. The number of carbonyl (C=O) groups is 1. The Morgan fingerprint density at radius 1 is 1.13 bits per heavy atom. The smallest absolute Gasteiger partial charge is 0.261 e. The molecule has 5 heteroatoms. The van der Waals surface area contributed by atoms with E-state index in [2.05, 4.69) is 17.4 Å². The predicted octanol–water partition coefficient (Wildman–Crippen LogP) is 5.15. The molecule has 2 aliphatic rings. The van der Waals surface area contributed by atoms with Gasteiger partial charge < -0.3 is 19.5 Å². The minimum atomic E-state index is -0.540. The van der Waals surface area contributed by atoms with Crippen LogP contribution in [0.2, 0.25) is 0 Å². The largest absolute Gasteiger partial charge is 0.497 e. The average molecular weight is 424 g/mol. The van der Waals surface area contributed by atoms with Crippen molar-refractivity contribution in [3.05, 3.63) is 53.1 Å². The molecule has 2 aromatic carbocycles. The molecule has 1 heterocycles. The molecule has 0 spiro atoms. The lowest BCUT2D eigenvalue weighted by Gasteiger charge is -2.38. The van der Waals surface area contributed by atoms with Crippen LogP contribution in [0, 0.1) is 0 Å². The van der Waals surface area contributed by atoms with Crippen LogP contribution in [0.25, 0.3) is 0 Å². The highest BCUT2D eigenvalue weighted by Crippen LogP contribution is 2.41. The van der Waals surface area contributed by atoms with Crippen LogP contribution >= 0.6 is 0 Å². The third kappa shape index (κ3) is 4.81. The highest BCUT2D eigenvalue weighted by Gasteiger charge is 2.36. The van der Waals surface area contributed by atoms with Gasteiger partial charge in [-0.1, -0.05) is 13.0 Å². The molecule has 4 rings (SSSR count). The van der Waals surface area contributed by atoms with Gasteiger partial charge in [0, 0.05) is 12.0 Å². The van der Waals surface area contributed by atoms with Crippen LogP contribution in [-0.4, -0.2) is 24.7 Å². The molecule has 166 valence electrons. The standard InChI is InChI=1S/C26H33NO4/c1-5-23(30-20-11-10-17-8-6-7-9-18(17)14-20)25(28)27-22-16-26(2,3)31-24-13-12-19(29-4)15-21(22)24/h10-15,22-23H,5-9,16H2,1-4H3,(H,27,28)/t22-,23-/m1/s1. The van der Waals surface area contributed by atoms with E-state index < -0.39 is 6.10 Å². The van der Waals surface area contributed by atoms with Crippen molar-refractivity contribution >= 4 is 5.91 Å². The Hall–Kier alpha value is -2.69. The molecule has 0 saturated heterocycles. The first-order valence-electron chi connectivity index (χ1n) is 11.3. The van der Waals surface area contributed by atoms with E-state index in [1.54, 1.807) is 7.11 Å². The molecule has 2 atom stereocenters. The van der Waals surface area contributed by atoms with Crippen molar-refractivity contribution in [2.75, 3.05) is 7.11 Å². The quantitative estimate of drug-likeness (QED) is 0.698. The third-order valence-corrected chi connectivity index (χ3v) is 6.25. The second-order valence-electron chi connectivity index (χ2n) is 9.18. The van der Waals surface area contributed by atoms with Crippen LogP contribution in [0.5, 0.6) is 17.2 Å². The van der Waals surface area contributed by atoms with Gasteiger partial charge in [-0.15, -0.1) is 0 Å². The Morgan fingerprint density at radius 3 is 2.61 bits per heavy atom. The Morgan fingerprint density at radius 2 is 1.87 bits per heavy atom. The Balaban J connectivity index is 1.51. The van der Waals surface area contributed by atoms with Gasteiger partial charge in [0.15, 0.2) is 6.10 Å². The van der Waals surface area contributed by atoms with Gasteiger partial charge in [-0.05, 0) is 87.4 Å². The number of amides is 1. The molecule has 1 amide bonds. The summed E-state index contributed by atoms with van der Waals surface area (Å²) in [5.41, 5.74) is 3.33. The maximum Gasteiger partial charge on any atom is 0.261 e. The zero-order valence-corrected chi connectivity index (χ0v) is 19.0. The number of rotatable bonds is 6. The number of fused-ring (bicyclic) bond motifs is 2. The van der Waals surface area contributed by atoms with Gasteiger partial charge in [0.05, 0.1) is 13.2 Å². The summed E-state index contributed by atoms with van der Waals surface area (Å²) in [5.74, 6) is 2.21. The average Bonchev–Trinajstić information content (AvgIpc) is 2.76. The van der Waals surface area contributed by atoms with E-state index in [9.17, 15) is 4.79 Å². The molecule has 5 nitrogen and oxygen atoms in total. The Labute approximate surface area is 185 Å². The topological polar surface area (TPSA) is 56.8 Å². The van der Waals surface area contributed by atoms with E-state index in [0.717, 1.165) is 35.7 Å². The second-order valence-corrected chi connectivity index (χ2v) is 9.18. The van der Waals surface area contributed by atoms with E-state index in [-0.39, 0.29) is 17.6 Å². The van der Waals surface area contributed by atoms with Gasteiger partial charge in [0.1, 0.15) is 22.8 Å². The number of benzene rings is 2. The highest BCUT2D eigenvalue weighted by molar-refractivity contribution is 5.81. The molecule has 1 aliphatic carbocycles. The molecule has 0 bridgehead atoms. The second kappa shape index (κ2) is 8.81. The molecule has 0 radical (unpaired) electrons. The van der Waals surface area contributed by atoms with Crippen molar-refractivity contribution in [2.24, 2.45) is 0 Å². The van der Waals surface area contributed by atoms with Gasteiger partial charge in [-0.2, -0.15) is 0 Å². The Bertz CT molecular complexity index is 952. The fourth-order valence-electron chi connectivity index (χ4n) is 4.62. The zero-order chi connectivity index (χ0) is 22.0. The minimum Gasteiger partial charge on any atom is -0.497 e. The zero-order valence-electron chi connectivity index (χ0n) is 19.0. The summed E-state index contributed by atoms with van der Waals surface area (Å²) in [6.45, 7) is 6.06. The number of methoxy groups -OCH3 is 1. The summed E-state index contributed by atoms with van der Waals surface area (Å²) in [5, 5.41) is 3.22. The summed E-state index contributed by atoms with van der Waals surface area (Å²) in [6.07, 6.45) is 5.43. The molecule has 31 heavy (non-hydrogen) atoms. The number of hydrogen-bond donors (Lipinski definition) is 1. The van der Waals surface area contributed by atoms with Crippen molar-refractivity contribution in [3.63, 3.8) is 0 Å². The molecule has 0 fully saturated rings. The van der Waals surface area contributed by atoms with Crippen LogP contribution in [-0.2, 0) is 17.6 Å². The van der Waals surface area contributed by atoms with Gasteiger partial charge in [0.25, 0.3) is 5.91 Å². The number of aryl methyl sites for hydroxylation is 2. The maximum atomic E-state index is 13.2. The van der Waals surface area contributed by atoms with E-state index in [1.807, 2.05) is 45.0 Å². The highest BCUT2D eigenvalue weighted by atomic mass is 16.5. The molecule has 0 saturated carbocycles. The summed E-state index contributed by atoms with van der Waals surface area (Å²) in [4.78, 5) is 13.2. The van der Waals surface area contributed by atoms with Crippen molar-refractivity contribution in [2.45, 2.75) is 77.0 Å². The molecular formula is C26H33NO4. The molecule has 0 aromatic heterocycles. The molecule has 2 aromatic rings. The number of hydrogen-bond acceptors (Lipinski definition) is 4. The van der Waals surface area contributed by atoms with Crippen LogP contribution in [0.3, 0.4) is 0 Å². The van der Waals surface area contributed by atoms with Crippen molar-refractivity contribution in [1.82, 2.24) is 5.32 Å². The van der Waals surface area contributed by atoms with E-state index in [1.165, 1.54) is 24.0 Å². The lowest BCUT2D eigenvalue weighted by molar-refractivity contribution is -0.129. The number of nitrogens with one attached hydrogen (secondary N) is 1. The van der Waals surface area contributed by atoms with Gasteiger partial charge in [-0.3, -0.25) is 4.79 Å². The lowest BCUT2D eigenvalue weighted by Crippen LogP contribution is -2.45. The number of carbonyl (C=O) groups excluding carboxylic acids is 1. The van der Waals surface area contributed by atoms with Gasteiger partial charge in [-0.25, -0.2) is 0 Å². The SMILES string of the molecule is CC[C@@H](Oc1ccc2c(c1)CCCC2)C(=O)N[C@@H]1CC(C)(C)Oc2ccc(OC)cc21. The van der Waals surface area contributed by atoms with Gasteiger partial charge in [0.2, 0.25) is 0 Å². The number of ether oxygens (including phenoxy) is 3. The van der Waals surface area contributed by atoms with Crippen molar-refractivity contribution < 1.29 is 19.0 Å². The first-order valence-corrected chi connectivity index (χ1v) is 11.3. The monoisotopic (exact) mass is 423 g/mol. The first kappa shape index (κ1) is 21.5. The fraction of sp³-hybridized carbons (Fsp3) is 0.500. The van der Waals surface area contributed by atoms with Crippen LogP contribution in [0.15, 0.2) is 36.4 Å². The normalized spacial score (nSPS) is 19.9. The lowest BCUT2D eigenvalue weighted by atomic mass is 9.89. The first-order chi connectivity index (χ1) is 14.9. The minimum absolute atomic E-state index is 0.100. The van der Waals surface area contributed by atoms with Crippen LogP contribution in [0.1, 0.15) is 69.2 Å². The van der Waals surface area contributed by atoms with Crippen LogP contribution in [0.4, 0.5) is 0 Å². The van der Waals surface area contributed by atoms with Crippen molar-refractivity contribution in [1.29, 1.82) is 0 Å². The van der Waals surface area contributed by atoms with E-state index in [0.29, 0.717) is 12.8 Å². The third-order valence-electron chi connectivity index (χ3n) is 6.25. The summed E-state index contributed by atoms with van der Waals surface area (Å²) >= 11 is 0. The van der Waals surface area contributed by atoms with Crippen molar-refractivity contribution in [3.8, 4) is 17.2 Å². The summed E-state index contributed by atoms with van der Waals surface area (Å²) in [7, 11) is 1.64. The maximum absolute atomic E-state index is 13.2. The van der Waals surface area contributed by atoms with Crippen LogP contribution < -0.4 is 19.5 Å². The van der Waals surface area contributed by atoms with E-state index in [4.69, 9.17) is 14.2 Å². The van der Waals surface area contributed by atoms with E-state index >= 15 is 0 Å². The fourth-order valence-corrected chi connectivity index (χ4v) is 4.62. The molecule has 1 aliphatic heterocycles. The molecule has 1 N–H and O–H groups in total. The molecular weight excluding hydrogens is 390 g/mol. The van der Waals surface area contributed by atoms with Gasteiger partial charge >= 0.3 is 0 Å². The predicted molar refractivity (Wildman–Crippen MR) is 121 cm³/mol. The molecule has 0 unspecified atom stereocenters. The Kier molecular flexibility index (Phi) is 6.12.